The van der Waals surface area contributed by atoms with E-state index in [4.69, 9.17) is 16.3 Å². The maximum absolute atomic E-state index is 11.8. The molecule has 0 fully saturated rings. The first kappa shape index (κ1) is 24.3. The Hall–Kier alpha value is -3.81. The molecule has 0 saturated heterocycles. The van der Waals surface area contributed by atoms with Crippen molar-refractivity contribution >= 4 is 33.3 Å². The summed E-state index contributed by atoms with van der Waals surface area (Å²) in [4.78, 5) is 11.8. The van der Waals surface area contributed by atoms with Gasteiger partial charge in [0.15, 0.2) is 0 Å². The van der Waals surface area contributed by atoms with Crippen LogP contribution in [0, 0.1) is 0 Å². The molecule has 0 atom stereocenters. The topological polar surface area (TPSA) is 92.7 Å². The first-order valence-corrected chi connectivity index (χ1v) is 12.9. The molecule has 0 bridgehead atoms. The van der Waals surface area contributed by atoms with Crippen LogP contribution in [0.25, 0.3) is 22.3 Å². The molecule has 0 saturated carbocycles. The molecule has 4 aromatic rings. The van der Waals surface area contributed by atoms with Gasteiger partial charge in [0.05, 0.1) is 11.8 Å². The van der Waals surface area contributed by atoms with Gasteiger partial charge in [0.25, 0.3) is 0 Å². The number of carboxylic acids is 1. The van der Waals surface area contributed by atoms with Gasteiger partial charge in [-0.05, 0) is 58.7 Å². The third-order valence-electron chi connectivity index (χ3n) is 5.19. The SMILES string of the molecule is CS(=O)(=O)Nc1cc(C(=O)O)cc(-c2ccccc2-c2cc(Cl)ccc2OCc2ccccc2)c1. The Balaban J connectivity index is 1.82. The van der Waals surface area contributed by atoms with Crippen molar-refractivity contribution < 1.29 is 23.1 Å². The number of carbonyl (C=O) groups is 1. The van der Waals surface area contributed by atoms with Crippen LogP contribution in [0.2, 0.25) is 5.02 Å². The number of sulfonamides is 1. The molecular formula is C27H22ClNO5S. The Morgan fingerprint density at radius 1 is 0.886 bits per heavy atom. The maximum atomic E-state index is 11.8. The van der Waals surface area contributed by atoms with Crippen molar-refractivity contribution in [3.8, 4) is 28.0 Å². The molecule has 0 aliphatic heterocycles. The zero-order valence-electron chi connectivity index (χ0n) is 18.7. The number of rotatable bonds is 8. The van der Waals surface area contributed by atoms with Gasteiger partial charge in [0.1, 0.15) is 12.4 Å². The molecule has 178 valence electrons. The molecule has 35 heavy (non-hydrogen) atoms. The summed E-state index contributed by atoms with van der Waals surface area (Å²) in [6.45, 7) is 0.356. The van der Waals surface area contributed by atoms with Gasteiger partial charge in [-0.3, -0.25) is 4.72 Å². The van der Waals surface area contributed by atoms with Crippen LogP contribution in [-0.2, 0) is 16.6 Å². The van der Waals surface area contributed by atoms with Gasteiger partial charge >= 0.3 is 5.97 Å². The molecule has 0 aliphatic carbocycles. The first-order valence-electron chi connectivity index (χ1n) is 10.6. The van der Waals surface area contributed by atoms with Crippen molar-refractivity contribution in [2.45, 2.75) is 6.61 Å². The van der Waals surface area contributed by atoms with E-state index in [0.717, 1.165) is 22.9 Å². The molecule has 0 aliphatic rings. The lowest BCUT2D eigenvalue weighted by molar-refractivity contribution is 0.0697. The van der Waals surface area contributed by atoms with E-state index in [0.29, 0.717) is 28.5 Å². The summed E-state index contributed by atoms with van der Waals surface area (Å²) in [7, 11) is -3.61. The predicted molar refractivity (Wildman–Crippen MR) is 139 cm³/mol. The van der Waals surface area contributed by atoms with Crippen molar-refractivity contribution in [3.63, 3.8) is 0 Å². The highest BCUT2D eigenvalue weighted by atomic mass is 35.5. The minimum atomic E-state index is -3.61. The first-order chi connectivity index (χ1) is 16.7. The van der Waals surface area contributed by atoms with Crippen molar-refractivity contribution in [1.29, 1.82) is 0 Å². The number of anilines is 1. The second kappa shape index (κ2) is 10.2. The van der Waals surface area contributed by atoms with Crippen molar-refractivity contribution in [2.75, 3.05) is 11.0 Å². The maximum Gasteiger partial charge on any atom is 0.335 e. The lowest BCUT2D eigenvalue weighted by atomic mass is 9.93. The molecule has 0 radical (unpaired) electrons. The van der Waals surface area contributed by atoms with E-state index in [1.807, 2.05) is 54.6 Å². The highest BCUT2D eigenvalue weighted by Crippen LogP contribution is 2.40. The van der Waals surface area contributed by atoms with Crippen LogP contribution in [0.1, 0.15) is 15.9 Å². The second-order valence-electron chi connectivity index (χ2n) is 7.94. The molecule has 6 nitrogen and oxygen atoms in total. The Labute approximate surface area is 208 Å². The van der Waals surface area contributed by atoms with Gasteiger partial charge in [-0.1, -0.05) is 66.2 Å². The number of hydrogen-bond donors (Lipinski definition) is 2. The lowest BCUT2D eigenvalue weighted by Crippen LogP contribution is -2.10. The molecule has 4 rings (SSSR count). The van der Waals surface area contributed by atoms with Gasteiger partial charge in [0, 0.05) is 16.3 Å². The highest BCUT2D eigenvalue weighted by Gasteiger charge is 2.16. The fourth-order valence-corrected chi connectivity index (χ4v) is 4.44. The lowest BCUT2D eigenvalue weighted by Gasteiger charge is -2.17. The minimum absolute atomic E-state index is 0.0462. The fraction of sp³-hybridized carbons (Fsp3) is 0.0741. The summed E-state index contributed by atoms with van der Waals surface area (Å²) in [6, 6.07) is 26.9. The smallest absolute Gasteiger partial charge is 0.335 e. The van der Waals surface area contributed by atoms with Crippen LogP contribution in [0.15, 0.2) is 91.0 Å². The van der Waals surface area contributed by atoms with E-state index < -0.39 is 16.0 Å². The van der Waals surface area contributed by atoms with Crippen molar-refractivity contribution in [2.24, 2.45) is 0 Å². The van der Waals surface area contributed by atoms with Crippen LogP contribution in [0.4, 0.5) is 5.69 Å². The molecular weight excluding hydrogens is 486 g/mol. The molecule has 0 unspecified atom stereocenters. The monoisotopic (exact) mass is 507 g/mol. The van der Waals surface area contributed by atoms with Crippen LogP contribution in [0.5, 0.6) is 5.75 Å². The molecule has 4 aromatic carbocycles. The quantitative estimate of drug-likeness (QED) is 0.291. The number of hydrogen-bond acceptors (Lipinski definition) is 4. The van der Waals surface area contributed by atoms with Gasteiger partial charge in [-0.25, -0.2) is 13.2 Å². The minimum Gasteiger partial charge on any atom is -0.488 e. The van der Waals surface area contributed by atoms with E-state index in [9.17, 15) is 18.3 Å². The van der Waals surface area contributed by atoms with Gasteiger partial charge < -0.3 is 9.84 Å². The summed E-state index contributed by atoms with van der Waals surface area (Å²) in [5, 5.41) is 10.1. The normalized spacial score (nSPS) is 11.1. The Morgan fingerprint density at radius 2 is 1.57 bits per heavy atom. The molecule has 8 heteroatoms. The van der Waals surface area contributed by atoms with Gasteiger partial charge in [-0.2, -0.15) is 0 Å². The molecule has 0 spiro atoms. The Morgan fingerprint density at radius 3 is 2.26 bits per heavy atom. The van der Waals surface area contributed by atoms with Crippen molar-refractivity contribution in [1.82, 2.24) is 0 Å². The number of nitrogens with one attached hydrogen (secondary N) is 1. The number of aromatic carboxylic acids is 1. The van der Waals surface area contributed by atoms with E-state index in [1.54, 1.807) is 24.3 Å². The molecule has 0 aromatic heterocycles. The summed E-state index contributed by atoms with van der Waals surface area (Å²) in [5.41, 5.74) is 3.82. The van der Waals surface area contributed by atoms with E-state index in [2.05, 4.69) is 4.72 Å². The number of ether oxygens (including phenoxy) is 1. The molecule has 0 amide bonds. The zero-order valence-corrected chi connectivity index (χ0v) is 20.3. The second-order valence-corrected chi connectivity index (χ2v) is 10.1. The predicted octanol–water partition coefficient (Wildman–Crippen LogP) is 6.32. The molecule has 2 N–H and O–H groups in total. The average molecular weight is 508 g/mol. The Kier molecular flexibility index (Phi) is 7.10. The standard InChI is InChI=1S/C27H22ClNO5S/c1-35(32,33)29-22-14-19(13-20(15-22)27(30)31)23-9-5-6-10-24(23)25-16-21(28)11-12-26(25)34-17-18-7-3-2-4-8-18/h2-16,29H,17H2,1H3,(H,30,31). The largest absolute Gasteiger partial charge is 0.488 e. The average Bonchev–Trinajstić information content (AvgIpc) is 2.82. The highest BCUT2D eigenvalue weighted by molar-refractivity contribution is 7.92. The number of halogens is 1. The fourth-order valence-electron chi connectivity index (χ4n) is 3.72. The van der Waals surface area contributed by atoms with Crippen molar-refractivity contribution in [3.05, 3.63) is 107 Å². The third kappa shape index (κ3) is 6.20. The van der Waals surface area contributed by atoms with Crippen LogP contribution in [-0.4, -0.2) is 25.7 Å². The van der Waals surface area contributed by atoms with Crippen LogP contribution in [0.3, 0.4) is 0 Å². The van der Waals surface area contributed by atoms with Gasteiger partial charge in [0.2, 0.25) is 10.0 Å². The summed E-state index contributed by atoms with van der Waals surface area (Å²) in [5.74, 6) is -0.565. The van der Waals surface area contributed by atoms with Crippen LogP contribution < -0.4 is 9.46 Å². The summed E-state index contributed by atoms with van der Waals surface area (Å²) in [6.07, 6.45) is 1.01. The van der Waals surface area contributed by atoms with Gasteiger partial charge in [-0.15, -0.1) is 0 Å². The number of carboxylic acid groups (broad SMARTS) is 1. The number of benzene rings is 4. The van der Waals surface area contributed by atoms with E-state index in [1.165, 1.54) is 12.1 Å². The third-order valence-corrected chi connectivity index (χ3v) is 6.03. The Bertz CT molecular complexity index is 1490. The zero-order chi connectivity index (χ0) is 25.0. The van der Waals surface area contributed by atoms with Crippen LogP contribution >= 0.6 is 11.6 Å². The van der Waals surface area contributed by atoms with E-state index in [-0.39, 0.29) is 11.3 Å². The summed E-state index contributed by atoms with van der Waals surface area (Å²) < 4.78 is 32.1. The molecule has 0 heterocycles. The van der Waals surface area contributed by atoms with E-state index >= 15 is 0 Å². The summed E-state index contributed by atoms with van der Waals surface area (Å²) >= 11 is 6.34.